The molecule has 1 fully saturated rings. The predicted octanol–water partition coefficient (Wildman–Crippen LogP) is 3.38. The number of rotatable bonds is 2. The summed E-state index contributed by atoms with van der Waals surface area (Å²) in [5.41, 5.74) is 1.87. The van der Waals surface area contributed by atoms with E-state index in [9.17, 15) is 4.79 Å². The normalized spacial score (nSPS) is 25.1. The van der Waals surface area contributed by atoms with Gasteiger partial charge in [0.05, 0.1) is 6.04 Å². The number of carbonyl (C=O) groups is 1. The van der Waals surface area contributed by atoms with Crippen LogP contribution in [0.4, 0.5) is 10.5 Å². The largest absolute Gasteiger partial charge is 0.444 e. The molecule has 3 atom stereocenters. The Balaban J connectivity index is 2.10. The monoisotopic (exact) mass is 319 g/mol. The molecule has 1 saturated heterocycles. The van der Waals surface area contributed by atoms with Crippen LogP contribution in [0.3, 0.4) is 0 Å². The second-order valence-electron chi connectivity index (χ2n) is 7.66. The van der Waals surface area contributed by atoms with Gasteiger partial charge in [-0.3, -0.25) is 4.98 Å². The number of aromatic nitrogens is 1. The first-order valence-electron chi connectivity index (χ1n) is 8.32. The Morgan fingerprint density at radius 1 is 1.35 bits per heavy atom. The number of pyridine rings is 1. The second-order valence-corrected chi connectivity index (χ2v) is 7.66. The number of hydrogen-bond acceptors (Lipinski definition) is 4. The second kappa shape index (κ2) is 6.77. The number of aryl methyl sites for hydroxylation is 1. The smallest absolute Gasteiger partial charge is 0.407 e. The molecule has 0 aromatic carbocycles. The van der Waals surface area contributed by atoms with Crippen molar-refractivity contribution < 1.29 is 9.53 Å². The van der Waals surface area contributed by atoms with Crippen LogP contribution in [0.25, 0.3) is 0 Å². The summed E-state index contributed by atoms with van der Waals surface area (Å²) in [5, 5.41) is 3.06. The number of nitrogens with zero attached hydrogens (tertiary/aromatic N) is 2. The molecule has 128 valence electrons. The maximum atomic E-state index is 12.1. The van der Waals surface area contributed by atoms with E-state index in [4.69, 9.17) is 4.74 Å². The van der Waals surface area contributed by atoms with E-state index in [-0.39, 0.29) is 12.1 Å². The van der Waals surface area contributed by atoms with Crippen LogP contribution in [-0.2, 0) is 4.74 Å². The van der Waals surface area contributed by atoms with Gasteiger partial charge in [0.25, 0.3) is 0 Å². The Bertz CT molecular complexity index is 553. The van der Waals surface area contributed by atoms with Crippen LogP contribution >= 0.6 is 0 Å². The summed E-state index contributed by atoms with van der Waals surface area (Å²) in [7, 11) is 0. The van der Waals surface area contributed by atoms with Crippen LogP contribution in [0, 0.1) is 18.8 Å². The van der Waals surface area contributed by atoms with E-state index in [0.717, 1.165) is 18.7 Å². The van der Waals surface area contributed by atoms with Gasteiger partial charge in [-0.15, -0.1) is 0 Å². The van der Waals surface area contributed by atoms with Crippen LogP contribution in [0.1, 0.15) is 40.2 Å². The molecule has 1 aromatic heterocycles. The minimum Gasteiger partial charge on any atom is -0.444 e. The first kappa shape index (κ1) is 17.6. The van der Waals surface area contributed by atoms with Crippen LogP contribution in [-0.4, -0.2) is 35.8 Å². The lowest BCUT2D eigenvalue weighted by Crippen LogP contribution is -2.55. The van der Waals surface area contributed by atoms with Crippen LogP contribution < -0.4 is 10.2 Å². The van der Waals surface area contributed by atoms with Crippen molar-refractivity contribution >= 4 is 11.8 Å². The fourth-order valence-electron chi connectivity index (χ4n) is 3.04. The zero-order valence-electron chi connectivity index (χ0n) is 15.1. The molecule has 0 spiro atoms. The Labute approximate surface area is 139 Å². The maximum absolute atomic E-state index is 12.1. The van der Waals surface area contributed by atoms with E-state index in [0.29, 0.717) is 11.8 Å². The van der Waals surface area contributed by atoms with Crippen LogP contribution in [0.15, 0.2) is 18.5 Å². The Kier molecular flexibility index (Phi) is 5.17. The molecule has 0 radical (unpaired) electrons. The predicted molar refractivity (Wildman–Crippen MR) is 92.7 cm³/mol. The molecule has 1 aliphatic heterocycles. The first-order chi connectivity index (χ1) is 10.7. The zero-order valence-corrected chi connectivity index (χ0v) is 15.1. The molecule has 0 aliphatic carbocycles. The highest BCUT2D eigenvalue weighted by Gasteiger charge is 2.34. The van der Waals surface area contributed by atoms with Gasteiger partial charge in [0, 0.05) is 31.2 Å². The maximum Gasteiger partial charge on any atom is 0.407 e. The van der Waals surface area contributed by atoms with Gasteiger partial charge >= 0.3 is 6.09 Å². The van der Waals surface area contributed by atoms with E-state index < -0.39 is 5.60 Å². The third kappa shape index (κ3) is 4.60. The number of amides is 1. The van der Waals surface area contributed by atoms with Crippen molar-refractivity contribution in [3.63, 3.8) is 0 Å². The molecule has 2 rings (SSSR count). The standard InChI is InChI=1S/C18H29N3O2/c1-12-9-19-8-7-16(12)21-10-13(2)14(3)15(11-21)20-17(22)23-18(4,5)6/h7-9,13-15H,10-11H2,1-6H3,(H,20,22)/t13-,14-,15+/m0/s1. The molecular weight excluding hydrogens is 290 g/mol. The number of ether oxygens (including phenoxy) is 1. The van der Waals surface area contributed by atoms with Gasteiger partial charge < -0.3 is 15.0 Å². The van der Waals surface area contributed by atoms with Crippen LogP contribution in [0.5, 0.6) is 0 Å². The molecule has 5 nitrogen and oxygen atoms in total. The molecule has 2 heterocycles. The van der Waals surface area contributed by atoms with E-state index in [1.54, 1.807) is 0 Å². The first-order valence-corrected chi connectivity index (χ1v) is 8.32. The summed E-state index contributed by atoms with van der Waals surface area (Å²) in [4.78, 5) is 18.6. The van der Waals surface area contributed by atoms with Gasteiger partial charge in [0.15, 0.2) is 0 Å². The molecule has 0 unspecified atom stereocenters. The van der Waals surface area contributed by atoms with Crippen molar-refractivity contribution in [3.8, 4) is 0 Å². The molecular formula is C18H29N3O2. The summed E-state index contributed by atoms with van der Waals surface area (Å²) in [6.07, 6.45) is 3.37. The molecule has 1 aromatic rings. The molecule has 1 N–H and O–H groups in total. The van der Waals surface area contributed by atoms with Gasteiger partial charge in [-0.25, -0.2) is 4.79 Å². The SMILES string of the molecule is Cc1cnccc1N1C[C@H](C)[C@H](C)[C@H](NC(=O)OC(C)(C)C)C1. The number of alkyl carbamates (subject to hydrolysis) is 1. The minimum atomic E-state index is -0.477. The van der Waals surface area contributed by atoms with Gasteiger partial charge in [0.1, 0.15) is 5.60 Å². The topological polar surface area (TPSA) is 54.5 Å². The molecule has 1 aliphatic rings. The number of nitrogens with one attached hydrogen (secondary N) is 1. The van der Waals surface area contributed by atoms with Gasteiger partial charge in [0.2, 0.25) is 0 Å². The summed E-state index contributed by atoms with van der Waals surface area (Å²) >= 11 is 0. The lowest BCUT2D eigenvalue weighted by molar-refractivity contribution is 0.0472. The lowest BCUT2D eigenvalue weighted by atomic mass is 9.84. The molecule has 1 amide bonds. The number of hydrogen-bond donors (Lipinski definition) is 1. The number of carbonyl (C=O) groups excluding carboxylic acids is 1. The Morgan fingerprint density at radius 3 is 2.65 bits per heavy atom. The van der Waals surface area contributed by atoms with Crippen molar-refractivity contribution in [3.05, 3.63) is 24.0 Å². The summed E-state index contributed by atoms with van der Waals surface area (Å²) < 4.78 is 5.41. The highest BCUT2D eigenvalue weighted by molar-refractivity contribution is 5.68. The fraction of sp³-hybridized carbons (Fsp3) is 0.667. The molecule has 0 bridgehead atoms. The average Bonchev–Trinajstić information content (AvgIpc) is 2.42. The van der Waals surface area contributed by atoms with Crippen molar-refractivity contribution in [2.75, 3.05) is 18.0 Å². The van der Waals surface area contributed by atoms with E-state index >= 15 is 0 Å². The van der Waals surface area contributed by atoms with Crippen molar-refractivity contribution in [2.24, 2.45) is 11.8 Å². The fourth-order valence-corrected chi connectivity index (χ4v) is 3.04. The third-order valence-corrected chi connectivity index (χ3v) is 4.49. The van der Waals surface area contributed by atoms with E-state index in [1.165, 1.54) is 5.69 Å². The highest BCUT2D eigenvalue weighted by atomic mass is 16.6. The number of anilines is 1. The summed E-state index contributed by atoms with van der Waals surface area (Å²) in [6, 6.07) is 2.11. The Morgan fingerprint density at radius 2 is 2.04 bits per heavy atom. The van der Waals surface area contributed by atoms with Crippen molar-refractivity contribution in [1.29, 1.82) is 0 Å². The van der Waals surface area contributed by atoms with Crippen molar-refractivity contribution in [2.45, 2.75) is 53.2 Å². The number of piperidine rings is 1. The van der Waals surface area contributed by atoms with E-state index in [1.807, 2.05) is 39.2 Å². The summed E-state index contributed by atoms with van der Waals surface area (Å²) in [6.45, 7) is 13.9. The lowest BCUT2D eigenvalue weighted by Gasteiger charge is -2.43. The molecule has 23 heavy (non-hydrogen) atoms. The van der Waals surface area contributed by atoms with Gasteiger partial charge in [-0.2, -0.15) is 0 Å². The van der Waals surface area contributed by atoms with Gasteiger partial charge in [-0.05, 0) is 51.2 Å². The summed E-state index contributed by atoms with van der Waals surface area (Å²) in [5.74, 6) is 0.886. The third-order valence-electron chi connectivity index (χ3n) is 4.49. The quantitative estimate of drug-likeness (QED) is 0.908. The van der Waals surface area contributed by atoms with Crippen LogP contribution in [0.2, 0.25) is 0 Å². The van der Waals surface area contributed by atoms with Gasteiger partial charge in [-0.1, -0.05) is 13.8 Å². The Hall–Kier alpha value is -1.78. The molecule has 0 saturated carbocycles. The highest BCUT2D eigenvalue weighted by Crippen LogP contribution is 2.29. The van der Waals surface area contributed by atoms with Crippen molar-refractivity contribution in [1.82, 2.24) is 10.3 Å². The zero-order chi connectivity index (χ0) is 17.2. The molecule has 5 heteroatoms. The minimum absolute atomic E-state index is 0.0705. The van der Waals surface area contributed by atoms with E-state index in [2.05, 4.69) is 36.0 Å². The average molecular weight is 319 g/mol.